The van der Waals surface area contributed by atoms with Crippen molar-refractivity contribution in [1.82, 2.24) is 4.72 Å². The lowest BCUT2D eigenvalue weighted by Gasteiger charge is -2.02. The van der Waals surface area contributed by atoms with Crippen LogP contribution in [0.15, 0.2) is 29.2 Å². The summed E-state index contributed by atoms with van der Waals surface area (Å²) in [5.41, 5.74) is 0. The average Bonchev–Trinajstić information content (AvgIpc) is 2.15. The number of unbranched alkanes of at least 4 members (excludes halogenated alkanes) is 1. The standard InChI is InChI=1S/C10H14ClNS/c1-2-3-8-12-13-10-6-4-9(11)5-7-10/h4-7,12H,2-3,8H2,1H3. The van der Waals surface area contributed by atoms with E-state index in [0.717, 1.165) is 11.6 Å². The summed E-state index contributed by atoms with van der Waals surface area (Å²) in [7, 11) is 0. The first-order valence-corrected chi connectivity index (χ1v) is 5.67. The maximum Gasteiger partial charge on any atom is 0.0406 e. The van der Waals surface area contributed by atoms with E-state index in [4.69, 9.17) is 11.6 Å². The Balaban J connectivity index is 2.25. The number of benzene rings is 1. The van der Waals surface area contributed by atoms with Gasteiger partial charge in [-0.25, -0.2) is 0 Å². The highest BCUT2D eigenvalue weighted by Gasteiger charge is 1.92. The van der Waals surface area contributed by atoms with Crippen LogP contribution in [0, 0.1) is 0 Å². The largest absolute Gasteiger partial charge is 0.260 e. The molecule has 0 aliphatic carbocycles. The molecule has 0 unspecified atom stereocenters. The van der Waals surface area contributed by atoms with Gasteiger partial charge < -0.3 is 0 Å². The van der Waals surface area contributed by atoms with E-state index in [-0.39, 0.29) is 0 Å². The zero-order valence-electron chi connectivity index (χ0n) is 7.72. The number of hydrogen-bond donors (Lipinski definition) is 1. The summed E-state index contributed by atoms with van der Waals surface area (Å²) in [6.07, 6.45) is 2.45. The van der Waals surface area contributed by atoms with E-state index < -0.39 is 0 Å². The summed E-state index contributed by atoms with van der Waals surface area (Å²) in [5.74, 6) is 0. The number of nitrogens with one attached hydrogen (secondary N) is 1. The summed E-state index contributed by atoms with van der Waals surface area (Å²) >= 11 is 7.43. The Kier molecular flexibility index (Phi) is 5.28. The van der Waals surface area contributed by atoms with Gasteiger partial charge in [0.25, 0.3) is 0 Å². The van der Waals surface area contributed by atoms with Crippen LogP contribution in [0.25, 0.3) is 0 Å². The molecule has 72 valence electrons. The van der Waals surface area contributed by atoms with E-state index in [1.165, 1.54) is 17.7 Å². The van der Waals surface area contributed by atoms with Crippen LogP contribution >= 0.6 is 23.5 Å². The summed E-state index contributed by atoms with van der Waals surface area (Å²) in [6.45, 7) is 3.25. The molecule has 0 spiro atoms. The molecule has 0 amide bonds. The molecular formula is C10H14ClNS. The Bertz CT molecular complexity index is 235. The van der Waals surface area contributed by atoms with Crippen LogP contribution in [-0.4, -0.2) is 6.54 Å². The molecule has 0 heterocycles. The first kappa shape index (κ1) is 10.9. The van der Waals surface area contributed by atoms with Crippen LogP contribution in [0.2, 0.25) is 5.02 Å². The fourth-order valence-corrected chi connectivity index (χ4v) is 1.70. The minimum absolute atomic E-state index is 0.790. The Morgan fingerprint density at radius 1 is 1.31 bits per heavy atom. The van der Waals surface area contributed by atoms with Gasteiger partial charge in [-0.1, -0.05) is 24.9 Å². The minimum Gasteiger partial charge on any atom is -0.260 e. The van der Waals surface area contributed by atoms with Gasteiger partial charge in [-0.2, -0.15) is 0 Å². The Morgan fingerprint density at radius 2 is 2.00 bits per heavy atom. The number of rotatable bonds is 5. The molecule has 0 aliphatic rings. The molecule has 0 saturated heterocycles. The molecule has 0 bridgehead atoms. The van der Waals surface area contributed by atoms with Crippen LogP contribution in [-0.2, 0) is 0 Å². The zero-order valence-corrected chi connectivity index (χ0v) is 9.29. The molecule has 0 aliphatic heterocycles. The lowest BCUT2D eigenvalue weighted by molar-refractivity contribution is 0.776. The maximum atomic E-state index is 5.77. The van der Waals surface area contributed by atoms with Crippen molar-refractivity contribution in [2.24, 2.45) is 0 Å². The molecule has 1 N–H and O–H groups in total. The first-order chi connectivity index (χ1) is 6.33. The highest BCUT2D eigenvalue weighted by molar-refractivity contribution is 7.97. The fraction of sp³-hybridized carbons (Fsp3) is 0.400. The summed E-state index contributed by atoms with van der Waals surface area (Å²) < 4.78 is 3.30. The smallest absolute Gasteiger partial charge is 0.0406 e. The highest BCUT2D eigenvalue weighted by atomic mass is 35.5. The van der Waals surface area contributed by atoms with Gasteiger partial charge in [0.15, 0.2) is 0 Å². The molecule has 1 rings (SSSR count). The average molecular weight is 216 g/mol. The van der Waals surface area contributed by atoms with Gasteiger partial charge in [0.1, 0.15) is 0 Å². The van der Waals surface area contributed by atoms with Gasteiger partial charge in [0.05, 0.1) is 0 Å². The van der Waals surface area contributed by atoms with E-state index in [0.29, 0.717) is 0 Å². The van der Waals surface area contributed by atoms with E-state index in [1.54, 1.807) is 11.9 Å². The molecule has 3 heteroatoms. The van der Waals surface area contributed by atoms with E-state index in [2.05, 4.69) is 11.6 Å². The first-order valence-electron chi connectivity index (χ1n) is 4.48. The second-order valence-corrected chi connectivity index (χ2v) is 4.20. The lowest BCUT2D eigenvalue weighted by Crippen LogP contribution is -2.04. The molecule has 0 radical (unpaired) electrons. The number of halogens is 1. The molecule has 0 saturated carbocycles. The van der Waals surface area contributed by atoms with E-state index >= 15 is 0 Å². The molecule has 1 nitrogen and oxygen atoms in total. The van der Waals surface area contributed by atoms with Crippen LogP contribution in [0.3, 0.4) is 0 Å². The lowest BCUT2D eigenvalue weighted by atomic mass is 10.3. The fourth-order valence-electron chi connectivity index (χ4n) is 0.886. The van der Waals surface area contributed by atoms with Crippen LogP contribution < -0.4 is 4.72 Å². The molecule has 1 aromatic rings. The zero-order chi connectivity index (χ0) is 9.52. The van der Waals surface area contributed by atoms with Crippen LogP contribution in [0.4, 0.5) is 0 Å². The normalized spacial score (nSPS) is 10.3. The Hall–Kier alpha value is -0.180. The van der Waals surface area contributed by atoms with Gasteiger partial charge in [0.2, 0.25) is 0 Å². The monoisotopic (exact) mass is 215 g/mol. The molecule has 0 atom stereocenters. The van der Waals surface area contributed by atoms with Gasteiger partial charge in [-0.05, 0) is 42.6 Å². The predicted octanol–water partition coefficient (Wildman–Crippen LogP) is 3.74. The van der Waals surface area contributed by atoms with Crippen LogP contribution in [0.5, 0.6) is 0 Å². The van der Waals surface area contributed by atoms with Crippen LogP contribution in [0.1, 0.15) is 19.8 Å². The third kappa shape index (κ3) is 4.55. The third-order valence-corrected chi connectivity index (χ3v) is 2.74. The van der Waals surface area contributed by atoms with Gasteiger partial charge >= 0.3 is 0 Å². The second-order valence-electron chi connectivity index (χ2n) is 2.80. The van der Waals surface area contributed by atoms with E-state index in [1.807, 2.05) is 24.3 Å². The Labute approximate surface area is 89.0 Å². The van der Waals surface area contributed by atoms with Gasteiger partial charge in [-0.3, -0.25) is 4.72 Å². The van der Waals surface area contributed by atoms with Crippen molar-refractivity contribution in [2.45, 2.75) is 24.7 Å². The predicted molar refractivity (Wildman–Crippen MR) is 60.2 cm³/mol. The quantitative estimate of drug-likeness (QED) is 0.593. The van der Waals surface area contributed by atoms with Gasteiger partial charge in [0, 0.05) is 16.5 Å². The summed E-state index contributed by atoms with van der Waals surface area (Å²) in [4.78, 5) is 1.21. The molecule has 1 aromatic carbocycles. The molecule has 0 aromatic heterocycles. The topological polar surface area (TPSA) is 12.0 Å². The maximum absolute atomic E-state index is 5.77. The van der Waals surface area contributed by atoms with Crippen molar-refractivity contribution in [3.63, 3.8) is 0 Å². The third-order valence-electron chi connectivity index (χ3n) is 1.64. The summed E-state index contributed by atoms with van der Waals surface area (Å²) in [5, 5.41) is 0.790. The van der Waals surface area contributed by atoms with Gasteiger partial charge in [-0.15, -0.1) is 0 Å². The summed E-state index contributed by atoms with van der Waals surface area (Å²) in [6, 6.07) is 7.86. The van der Waals surface area contributed by atoms with Crippen molar-refractivity contribution in [3.8, 4) is 0 Å². The van der Waals surface area contributed by atoms with E-state index in [9.17, 15) is 0 Å². The van der Waals surface area contributed by atoms with Crippen molar-refractivity contribution in [2.75, 3.05) is 6.54 Å². The SMILES string of the molecule is CCCCNSc1ccc(Cl)cc1. The van der Waals surface area contributed by atoms with Crippen molar-refractivity contribution in [3.05, 3.63) is 29.3 Å². The minimum atomic E-state index is 0.790. The Morgan fingerprint density at radius 3 is 2.62 bits per heavy atom. The second kappa shape index (κ2) is 6.30. The number of hydrogen-bond acceptors (Lipinski definition) is 2. The highest BCUT2D eigenvalue weighted by Crippen LogP contribution is 2.17. The van der Waals surface area contributed by atoms with Crippen molar-refractivity contribution < 1.29 is 0 Å². The molecule has 0 fully saturated rings. The molecular weight excluding hydrogens is 202 g/mol. The molecule has 13 heavy (non-hydrogen) atoms. The van der Waals surface area contributed by atoms with Crippen molar-refractivity contribution in [1.29, 1.82) is 0 Å². The van der Waals surface area contributed by atoms with Crippen molar-refractivity contribution >= 4 is 23.5 Å².